The maximum Gasteiger partial charge on any atom is 0.276 e. The predicted octanol–water partition coefficient (Wildman–Crippen LogP) is 4.53. The molecule has 5 heteroatoms. The Morgan fingerprint density at radius 1 is 0.926 bits per heavy atom. The van der Waals surface area contributed by atoms with Gasteiger partial charge in [0.25, 0.3) is 5.91 Å². The number of aryl methyl sites for hydroxylation is 2. The Morgan fingerprint density at radius 2 is 1.63 bits per heavy atom. The van der Waals surface area contributed by atoms with Gasteiger partial charge in [-0.25, -0.2) is 9.97 Å². The monoisotopic (exact) mass is 360 g/mol. The number of amides is 1. The minimum Gasteiger partial charge on any atom is -0.311 e. The Kier molecular flexibility index (Phi) is 5.50. The molecular formula is C22H24N4O. The van der Waals surface area contributed by atoms with E-state index < -0.39 is 0 Å². The number of hydrogen-bond acceptors (Lipinski definition) is 4. The van der Waals surface area contributed by atoms with Crippen molar-refractivity contribution in [3.05, 3.63) is 77.6 Å². The summed E-state index contributed by atoms with van der Waals surface area (Å²) < 4.78 is 0. The van der Waals surface area contributed by atoms with E-state index in [1.807, 2.05) is 61.2 Å². The largest absolute Gasteiger partial charge is 0.311 e. The second-order valence-electron chi connectivity index (χ2n) is 6.48. The topological polar surface area (TPSA) is 49.3 Å². The van der Waals surface area contributed by atoms with Crippen LogP contribution in [-0.4, -0.2) is 29.5 Å². The Hall–Kier alpha value is -3.21. The zero-order chi connectivity index (χ0) is 19.4. The van der Waals surface area contributed by atoms with E-state index in [1.165, 1.54) is 5.56 Å². The highest BCUT2D eigenvalue weighted by atomic mass is 16.2. The first-order valence-corrected chi connectivity index (χ1v) is 9.02. The Labute approximate surface area is 160 Å². The number of rotatable bonds is 5. The number of aromatic nitrogens is 2. The first-order chi connectivity index (χ1) is 13.0. The van der Waals surface area contributed by atoms with E-state index in [4.69, 9.17) is 0 Å². The molecule has 0 bridgehead atoms. The van der Waals surface area contributed by atoms with Crippen LogP contribution in [0, 0.1) is 13.8 Å². The van der Waals surface area contributed by atoms with Gasteiger partial charge in [-0.2, -0.15) is 0 Å². The highest BCUT2D eigenvalue weighted by molar-refractivity contribution is 6.04. The number of anilines is 3. The van der Waals surface area contributed by atoms with Gasteiger partial charge in [-0.15, -0.1) is 0 Å². The molecule has 0 aliphatic carbocycles. The fourth-order valence-corrected chi connectivity index (χ4v) is 2.96. The fraction of sp³-hybridized carbons (Fsp3) is 0.227. The maximum atomic E-state index is 13.0. The van der Waals surface area contributed by atoms with Crippen molar-refractivity contribution in [1.82, 2.24) is 9.97 Å². The third-order valence-corrected chi connectivity index (χ3v) is 4.38. The quantitative estimate of drug-likeness (QED) is 0.671. The third-order valence-electron chi connectivity index (χ3n) is 4.38. The van der Waals surface area contributed by atoms with Gasteiger partial charge < -0.3 is 9.80 Å². The van der Waals surface area contributed by atoms with Crippen molar-refractivity contribution in [3.8, 4) is 0 Å². The van der Waals surface area contributed by atoms with Gasteiger partial charge >= 0.3 is 0 Å². The lowest BCUT2D eigenvalue weighted by Crippen LogP contribution is -2.28. The van der Waals surface area contributed by atoms with Crippen LogP contribution < -0.4 is 9.80 Å². The van der Waals surface area contributed by atoms with Crippen LogP contribution in [0.5, 0.6) is 0 Å². The van der Waals surface area contributed by atoms with E-state index in [2.05, 4.69) is 29.0 Å². The van der Waals surface area contributed by atoms with Crippen LogP contribution >= 0.6 is 0 Å². The molecule has 3 aromatic rings. The van der Waals surface area contributed by atoms with Gasteiger partial charge in [-0.3, -0.25) is 4.79 Å². The van der Waals surface area contributed by atoms with Crippen LogP contribution in [0.2, 0.25) is 0 Å². The highest BCUT2D eigenvalue weighted by Gasteiger charge is 2.19. The molecule has 138 valence electrons. The van der Waals surface area contributed by atoms with Crippen LogP contribution in [-0.2, 0) is 0 Å². The summed E-state index contributed by atoms with van der Waals surface area (Å²) in [4.78, 5) is 25.7. The van der Waals surface area contributed by atoms with E-state index in [-0.39, 0.29) is 5.91 Å². The van der Waals surface area contributed by atoms with Crippen LogP contribution in [0.1, 0.15) is 28.7 Å². The first-order valence-electron chi connectivity index (χ1n) is 9.02. The zero-order valence-corrected chi connectivity index (χ0v) is 16.2. The van der Waals surface area contributed by atoms with Crippen molar-refractivity contribution < 1.29 is 4.79 Å². The van der Waals surface area contributed by atoms with E-state index >= 15 is 0 Å². The third kappa shape index (κ3) is 4.14. The first kappa shape index (κ1) is 18.6. The molecule has 0 unspecified atom stereocenters. The summed E-state index contributed by atoms with van der Waals surface area (Å²) in [5.41, 5.74) is 4.15. The smallest absolute Gasteiger partial charge is 0.276 e. The van der Waals surface area contributed by atoms with Crippen LogP contribution in [0.4, 0.5) is 17.3 Å². The molecule has 2 aromatic carbocycles. The van der Waals surface area contributed by atoms with Crippen molar-refractivity contribution in [2.75, 3.05) is 23.4 Å². The van der Waals surface area contributed by atoms with Gasteiger partial charge in [0.1, 0.15) is 5.69 Å². The van der Waals surface area contributed by atoms with Gasteiger partial charge in [0.15, 0.2) is 0 Å². The second kappa shape index (κ2) is 7.99. The van der Waals surface area contributed by atoms with Crippen LogP contribution in [0.25, 0.3) is 0 Å². The molecule has 1 amide bonds. The predicted molar refractivity (Wildman–Crippen MR) is 110 cm³/mol. The number of nitrogens with zero attached hydrogens (tertiary/aromatic N) is 4. The van der Waals surface area contributed by atoms with Gasteiger partial charge in [0.05, 0.1) is 0 Å². The molecular weight excluding hydrogens is 336 g/mol. The molecule has 1 aromatic heterocycles. The molecule has 0 radical (unpaired) electrons. The second-order valence-corrected chi connectivity index (χ2v) is 6.48. The van der Waals surface area contributed by atoms with Crippen molar-refractivity contribution >= 4 is 23.2 Å². The van der Waals surface area contributed by atoms with E-state index in [0.717, 1.165) is 17.1 Å². The van der Waals surface area contributed by atoms with Gasteiger partial charge in [0, 0.05) is 30.7 Å². The van der Waals surface area contributed by atoms with E-state index in [1.54, 1.807) is 18.0 Å². The number of para-hydroxylation sites is 1. The minimum atomic E-state index is -0.159. The summed E-state index contributed by atoms with van der Waals surface area (Å²) in [5, 5.41) is 0. The van der Waals surface area contributed by atoms with Crippen molar-refractivity contribution in [1.29, 1.82) is 0 Å². The number of hydrogen-bond donors (Lipinski definition) is 0. The molecule has 0 spiro atoms. The number of carbonyl (C=O) groups excluding carboxylic acids is 1. The lowest BCUT2D eigenvalue weighted by Gasteiger charge is -2.23. The average molecular weight is 360 g/mol. The van der Waals surface area contributed by atoms with E-state index in [9.17, 15) is 4.79 Å². The molecule has 3 rings (SSSR count). The SMILES string of the molecule is CCN(c1cccc(C)c1)c1nc(C)cc(C(=O)N(C)c2ccccc2)n1. The van der Waals surface area contributed by atoms with Crippen molar-refractivity contribution in [3.63, 3.8) is 0 Å². The van der Waals surface area contributed by atoms with Gasteiger partial charge in [-0.1, -0.05) is 30.3 Å². The molecule has 0 saturated heterocycles. The Bertz CT molecular complexity index is 940. The molecule has 0 aliphatic rings. The lowest BCUT2D eigenvalue weighted by molar-refractivity contribution is 0.0988. The van der Waals surface area contributed by atoms with Crippen molar-refractivity contribution in [2.24, 2.45) is 0 Å². The number of benzene rings is 2. The summed E-state index contributed by atoms with van der Waals surface area (Å²) in [7, 11) is 1.76. The fourth-order valence-electron chi connectivity index (χ4n) is 2.96. The summed E-state index contributed by atoms with van der Waals surface area (Å²) in [6, 6.07) is 19.5. The minimum absolute atomic E-state index is 0.159. The molecule has 0 atom stereocenters. The standard InChI is InChI=1S/C22H24N4O/c1-5-26(19-13-9-10-16(2)14-19)22-23-17(3)15-20(24-22)21(27)25(4)18-11-7-6-8-12-18/h6-15H,5H2,1-4H3. The molecule has 0 saturated carbocycles. The van der Waals surface area contributed by atoms with Crippen LogP contribution in [0.3, 0.4) is 0 Å². The Balaban J connectivity index is 1.97. The Morgan fingerprint density at radius 3 is 2.30 bits per heavy atom. The summed E-state index contributed by atoms with van der Waals surface area (Å²) in [6.45, 7) is 6.69. The number of carbonyl (C=O) groups is 1. The molecule has 1 heterocycles. The van der Waals surface area contributed by atoms with Crippen LogP contribution in [0.15, 0.2) is 60.7 Å². The highest BCUT2D eigenvalue weighted by Crippen LogP contribution is 2.24. The normalized spacial score (nSPS) is 10.5. The maximum absolute atomic E-state index is 13.0. The van der Waals surface area contributed by atoms with Crippen molar-refractivity contribution in [2.45, 2.75) is 20.8 Å². The summed E-state index contributed by atoms with van der Waals surface area (Å²) >= 11 is 0. The summed E-state index contributed by atoms with van der Waals surface area (Å²) in [5.74, 6) is 0.376. The molecule has 0 aliphatic heterocycles. The molecule has 0 N–H and O–H groups in total. The molecule has 5 nitrogen and oxygen atoms in total. The average Bonchev–Trinajstić information content (AvgIpc) is 2.68. The zero-order valence-electron chi connectivity index (χ0n) is 16.2. The lowest BCUT2D eigenvalue weighted by atomic mass is 10.2. The summed E-state index contributed by atoms with van der Waals surface area (Å²) in [6.07, 6.45) is 0. The molecule has 0 fully saturated rings. The van der Waals surface area contributed by atoms with E-state index in [0.29, 0.717) is 18.2 Å². The molecule has 27 heavy (non-hydrogen) atoms. The van der Waals surface area contributed by atoms with Gasteiger partial charge in [-0.05, 0) is 56.7 Å². The van der Waals surface area contributed by atoms with Gasteiger partial charge in [0.2, 0.25) is 5.95 Å².